The molecule has 0 saturated carbocycles. The van der Waals surface area contributed by atoms with Crippen LogP contribution in [0.4, 0.5) is 4.39 Å². The van der Waals surface area contributed by atoms with E-state index >= 15 is 0 Å². The minimum absolute atomic E-state index is 0.00509. The van der Waals surface area contributed by atoms with Gasteiger partial charge in [-0.15, -0.1) is 11.6 Å². The summed E-state index contributed by atoms with van der Waals surface area (Å²) in [7, 11) is 0. The Morgan fingerprint density at radius 3 is 3.00 bits per heavy atom. The zero-order valence-electron chi connectivity index (χ0n) is 10.8. The SMILES string of the molecule is CC(C)(CCCl)NCC1Cc2cc(F)ccc2O1. The van der Waals surface area contributed by atoms with Crippen molar-refractivity contribution in [1.29, 1.82) is 0 Å². The lowest BCUT2D eigenvalue weighted by molar-refractivity contribution is 0.207. The van der Waals surface area contributed by atoms with E-state index in [-0.39, 0.29) is 17.5 Å². The van der Waals surface area contributed by atoms with E-state index in [0.717, 1.165) is 30.7 Å². The number of fused-ring (bicyclic) bond motifs is 1. The van der Waals surface area contributed by atoms with Crippen LogP contribution in [0.5, 0.6) is 5.75 Å². The normalized spacial score (nSPS) is 18.6. The van der Waals surface area contributed by atoms with Crippen molar-refractivity contribution >= 4 is 11.6 Å². The first-order valence-electron chi connectivity index (χ1n) is 6.26. The van der Waals surface area contributed by atoms with Crippen molar-refractivity contribution in [1.82, 2.24) is 5.32 Å². The Kier molecular flexibility index (Phi) is 4.13. The predicted molar refractivity (Wildman–Crippen MR) is 71.9 cm³/mol. The summed E-state index contributed by atoms with van der Waals surface area (Å²) in [5, 5.41) is 3.45. The fraction of sp³-hybridized carbons (Fsp3) is 0.571. The van der Waals surface area contributed by atoms with Gasteiger partial charge in [0.05, 0.1) is 0 Å². The Morgan fingerprint density at radius 1 is 1.50 bits per heavy atom. The smallest absolute Gasteiger partial charge is 0.123 e. The van der Waals surface area contributed by atoms with Crippen LogP contribution in [-0.4, -0.2) is 24.1 Å². The fourth-order valence-corrected chi connectivity index (χ4v) is 2.59. The second-order valence-corrected chi connectivity index (χ2v) is 5.78. The third-order valence-corrected chi connectivity index (χ3v) is 3.48. The van der Waals surface area contributed by atoms with Crippen molar-refractivity contribution in [2.75, 3.05) is 12.4 Å². The Hall–Kier alpha value is -0.800. The first-order chi connectivity index (χ1) is 8.50. The van der Waals surface area contributed by atoms with Gasteiger partial charge in [-0.2, -0.15) is 0 Å². The van der Waals surface area contributed by atoms with Gasteiger partial charge >= 0.3 is 0 Å². The van der Waals surface area contributed by atoms with Gasteiger partial charge in [-0.05, 0) is 38.5 Å². The van der Waals surface area contributed by atoms with E-state index in [9.17, 15) is 4.39 Å². The van der Waals surface area contributed by atoms with Crippen LogP contribution in [0.1, 0.15) is 25.8 Å². The van der Waals surface area contributed by atoms with E-state index in [2.05, 4.69) is 19.2 Å². The molecular formula is C14H19ClFNO. The molecule has 1 aromatic carbocycles. The van der Waals surface area contributed by atoms with E-state index in [1.165, 1.54) is 6.07 Å². The second-order valence-electron chi connectivity index (χ2n) is 5.40. The first-order valence-corrected chi connectivity index (χ1v) is 6.80. The Bertz CT molecular complexity index is 422. The third-order valence-electron chi connectivity index (χ3n) is 3.29. The maximum absolute atomic E-state index is 13.1. The van der Waals surface area contributed by atoms with Gasteiger partial charge < -0.3 is 10.1 Å². The molecule has 0 fully saturated rings. The van der Waals surface area contributed by atoms with Crippen LogP contribution >= 0.6 is 11.6 Å². The fourth-order valence-electron chi connectivity index (χ4n) is 2.12. The van der Waals surface area contributed by atoms with Crippen molar-refractivity contribution in [2.45, 2.75) is 38.3 Å². The van der Waals surface area contributed by atoms with Gasteiger partial charge in [-0.3, -0.25) is 0 Å². The molecule has 2 nitrogen and oxygen atoms in total. The summed E-state index contributed by atoms with van der Waals surface area (Å²) in [4.78, 5) is 0. The van der Waals surface area contributed by atoms with Crippen LogP contribution < -0.4 is 10.1 Å². The topological polar surface area (TPSA) is 21.3 Å². The highest BCUT2D eigenvalue weighted by Gasteiger charge is 2.25. The highest BCUT2D eigenvalue weighted by atomic mass is 35.5. The molecule has 0 saturated heterocycles. The summed E-state index contributed by atoms with van der Waals surface area (Å²) in [5.74, 6) is 1.24. The van der Waals surface area contributed by atoms with Gasteiger partial charge in [0.25, 0.3) is 0 Å². The number of nitrogens with one attached hydrogen (secondary N) is 1. The molecule has 0 bridgehead atoms. The van der Waals surface area contributed by atoms with Crippen LogP contribution in [0.15, 0.2) is 18.2 Å². The molecule has 100 valence electrons. The molecule has 0 radical (unpaired) electrons. The van der Waals surface area contributed by atoms with Gasteiger partial charge in [0.15, 0.2) is 0 Å². The van der Waals surface area contributed by atoms with Gasteiger partial charge in [0.2, 0.25) is 0 Å². The summed E-state index contributed by atoms with van der Waals surface area (Å²) in [5.41, 5.74) is 0.961. The highest BCUT2D eigenvalue weighted by Crippen LogP contribution is 2.29. The van der Waals surface area contributed by atoms with Crippen LogP contribution in [-0.2, 0) is 6.42 Å². The zero-order valence-corrected chi connectivity index (χ0v) is 11.6. The number of halogens is 2. The monoisotopic (exact) mass is 271 g/mol. The number of ether oxygens (including phenoxy) is 1. The van der Waals surface area contributed by atoms with Crippen molar-refractivity contribution in [3.63, 3.8) is 0 Å². The van der Waals surface area contributed by atoms with Gasteiger partial charge in [0.1, 0.15) is 17.7 Å². The van der Waals surface area contributed by atoms with E-state index in [1.54, 1.807) is 12.1 Å². The predicted octanol–water partition coefficient (Wildman–Crippen LogP) is 3.13. The van der Waals surface area contributed by atoms with Crippen LogP contribution in [0.3, 0.4) is 0 Å². The molecule has 1 aliphatic heterocycles. The molecule has 4 heteroatoms. The molecular weight excluding hydrogens is 253 g/mol. The molecule has 1 heterocycles. The Balaban J connectivity index is 1.88. The van der Waals surface area contributed by atoms with E-state index in [0.29, 0.717) is 5.88 Å². The summed E-state index contributed by atoms with van der Waals surface area (Å²) in [6, 6.07) is 4.69. The van der Waals surface area contributed by atoms with Crippen molar-refractivity contribution < 1.29 is 9.13 Å². The number of hydrogen-bond donors (Lipinski definition) is 1. The van der Waals surface area contributed by atoms with Crippen molar-refractivity contribution in [3.05, 3.63) is 29.6 Å². The second kappa shape index (κ2) is 5.45. The van der Waals surface area contributed by atoms with E-state index < -0.39 is 0 Å². The average molecular weight is 272 g/mol. The largest absolute Gasteiger partial charge is 0.488 e. The van der Waals surface area contributed by atoms with Crippen molar-refractivity contribution in [3.8, 4) is 5.75 Å². The molecule has 1 aromatic rings. The van der Waals surface area contributed by atoms with Crippen LogP contribution in [0, 0.1) is 5.82 Å². The lowest BCUT2D eigenvalue weighted by atomic mass is 10.0. The quantitative estimate of drug-likeness (QED) is 0.831. The minimum Gasteiger partial charge on any atom is -0.488 e. The maximum Gasteiger partial charge on any atom is 0.123 e. The molecule has 1 N–H and O–H groups in total. The minimum atomic E-state index is -0.201. The van der Waals surface area contributed by atoms with Crippen LogP contribution in [0.25, 0.3) is 0 Å². The van der Waals surface area contributed by atoms with E-state index in [4.69, 9.17) is 16.3 Å². The molecule has 0 aromatic heterocycles. The molecule has 2 rings (SSSR count). The summed E-state index contributed by atoms with van der Waals surface area (Å²) in [6.45, 7) is 4.99. The van der Waals surface area contributed by atoms with Crippen molar-refractivity contribution in [2.24, 2.45) is 0 Å². The summed E-state index contributed by atoms with van der Waals surface area (Å²) < 4.78 is 18.9. The van der Waals surface area contributed by atoms with E-state index in [1.807, 2.05) is 0 Å². The molecule has 0 spiro atoms. The Morgan fingerprint density at radius 2 is 2.28 bits per heavy atom. The van der Waals surface area contributed by atoms with Crippen LogP contribution in [0.2, 0.25) is 0 Å². The standard InChI is InChI=1S/C14H19ClFNO/c1-14(2,5-6-15)17-9-12-8-10-7-11(16)3-4-13(10)18-12/h3-4,7,12,17H,5-6,8-9H2,1-2H3. The summed E-state index contributed by atoms with van der Waals surface area (Å²) in [6.07, 6.45) is 1.75. The maximum atomic E-state index is 13.1. The molecule has 0 aliphatic carbocycles. The number of benzene rings is 1. The lowest BCUT2D eigenvalue weighted by Crippen LogP contribution is -2.44. The molecule has 0 amide bonds. The number of rotatable bonds is 5. The third kappa shape index (κ3) is 3.36. The molecule has 18 heavy (non-hydrogen) atoms. The highest BCUT2D eigenvalue weighted by molar-refractivity contribution is 6.17. The number of hydrogen-bond acceptors (Lipinski definition) is 2. The molecule has 1 aliphatic rings. The zero-order chi connectivity index (χ0) is 13.2. The van der Waals surface area contributed by atoms with Gasteiger partial charge in [-0.25, -0.2) is 4.39 Å². The van der Waals surface area contributed by atoms with Gasteiger partial charge in [0, 0.05) is 29.9 Å². The first kappa shape index (κ1) is 13.6. The number of alkyl halides is 1. The summed E-state index contributed by atoms with van der Waals surface area (Å²) >= 11 is 5.76. The lowest BCUT2D eigenvalue weighted by Gasteiger charge is -2.27. The van der Waals surface area contributed by atoms with Gasteiger partial charge in [-0.1, -0.05) is 0 Å². The Labute approximate surface area is 112 Å². The molecule has 1 atom stereocenters. The average Bonchev–Trinajstić information content (AvgIpc) is 2.68. The molecule has 1 unspecified atom stereocenters.